The Balaban J connectivity index is 2.13. The summed E-state index contributed by atoms with van der Waals surface area (Å²) in [6.45, 7) is 4.09. The highest BCUT2D eigenvalue weighted by Crippen LogP contribution is 2.17. The fourth-order valence-corrected chi connectivity index (χ4v) is 2.29. The zero-order chi connectivity index (χ0) is 15.9. The number of nitriles is 1. The van der Waals surface area contributed by atoms with Gasteiger partial charge in [-0.1, -0.05) is 32.0 Å². The highest BCUT2D eigenvalue weighted by Gasteiger charge is 2.12. The summed E-state index contributed by atoms with van der Waals surface area (Å²) in [5.41, 5.74) is 3.44. The Hall–Kier alpha value is -2.60. The lowest BCUT2D eigenvalue weighted by Gasteiger charge is -2.10. The normalized spacial score (nSPS) is 10.0. The van der Waals surface area contributed by atoms with E-state index in [1.165, 1.54) is 0 Å². The topological polar surface area (TPSA) is 50.1 Å². The van der Waals surface area contributed by atoms with Crippen LogP contribution in [0.5, 0.6) is 5.75 Å². The van der Waals surface area contributed by atoms with Crippen molar-refractivity contribution in [3.8, 4) is 11.8 Å². The maximum Gasteiger partial charge on any atom is 0.200 e. The fraction of sp³-hybridized carbons (Fsp3) is 0.263. The summed E-state index contributed by atoms with van der Waals surface area (Å²) >= 11 is 0. The minimum Gasteiger partial charge on any atom is -0.485 e. The van der Waals surface area contributed by atoms with Gasteiger partial charge in [-0.25, -0.2) is 0 Å². The molecule has 2 rings (SSSR count). The maximum atomic E-state index is 12.4. The van der Waals surface area contributed by atoms with E-state index in [1.807, 2.05) is 19.1 Å². The van der Waals surface area contributed by atoms with Crippen LogP contribution in [0.4, 0.5) is 0 Å². The molecule has 0 aliphatic carbocycles. The van der Waals surface area contributed by atoms with E-state index in [-0.39, 0.29) is 12.4 Å². The van der Waals surface area contributed by atoms with E-state index >= 15 is 0 Å². The lowest BCUT2D eigenvalue weighted by molar-refractivity contribution is 0.0920. The van der Waals surface area contributed by atoms with Gasteiger partial charge in [0.05, 0.1) is 11.6 Å². The lowest BCUT2D eigenvalue weighted by Crippen LogP contribution is -2.14. The second-order valence-corrected chi connectivity index (χ2v) is 5.05. The van der Waals surface area contributed by atoms with Crippen LogP contribution in [0.1, 0.15) is 40.9 Å². The molecular weight excluding hydrogens is 274 g/mol. The van der Waals surface area contributed by atoms with E-state index in [9.17, 15) is 4.79 Å². The Bertz CT molecular complexity index is 714. The maximum absolute atomic E-state index is 12.4. The Morgan fingerprint density at radius 1 is 1.14 bits per heavy atom. The van der Waals surface area contributed by atoms with Gasteiger partial charge in [-0.2, -0.15) is 5.26 Å². The number of hydrogen-bond donors (Lipinski definition) is 0. The molecule has 22 heavy (non-hydrogen) atoms. The van der Waals surface area contributed by atoms with Crippen molar-refractivity contribution < 1.29 is 9.53 Å². The van der Waals surface area contributed by atoms with Crippen LogP contribution in [-0.2, 0) is 12.8 Å². The van der Waals surface area contributed by atoms with Gasteiger partial charge in [0.1, 0.15) is 5.75 Å². The third-order valence-corrected chi connectivity index (χ3v) is 3.60. The van der Waals surface area contributed by atoms with Crippen LogP contribution in [0, 0.1) is 11.3 Å². The zero-order valence-corrected chi connectivity index (χ0v) is 12.9. The average molecular weight is 293 g/mol. The molecule has 0 bridgehead atoms. The molecule has 0 radical (unpaired) electrons. The zero-order valence-electron chi connectivity index (χ0n) is 12.9. The van der Waals surface area contributed by atoms with Crippen molar-refractivity contribution in [1.29, 1.82) is 5.26 Å². The molecule has 0 aliphatic rings. The van der Waals surface area contributed by atoms with E-state index in [4.69, 9.17) is 10.00 Å². The molecule has 0 saturated heterocycles. The van der Waals surface area contributed by atoms with Crippen molar-refractivity contribution in [2.45, 2.75) is 26.7 Å². The number of carbonyl (C=O) groups is 1. The van der Waals surface area contributed by atoms with E-state index in [0.717, 1.165) is 29.5 Å². The molecule has 0 atom stereocenters. The first-order chi connectivity index (χ1) is 10.7. The third kappa shape index (κ3) is 3.73. The van der Waals surface area contributed by atoms with E-state index in [2.05, 4.69) is 19.1 Å². The number of rotatable bonds is 6. The fourth-order valence-electron chi connectivity index (χ4n) is 2.29. The van der Waals surface area contributed by atoms with Crippen LogP contribution in [0.3, 0.4) is 0 Å². The summed E-state index contributed by atoms with van der Waals surface area (Å²) in [6.07, 6.45) is 1.71. The van der Waals surface area contributed by atoms with Gasteiger partial charge in [0.25, 0.3) is 0 Å². The first-order valence-electron chi connectivity index (χ1n) is 7.45. The largest absolute Gasteiger partial charge is 0.485 e. The smallest absolute Gasteiger partial charge is 0.200 e. The molecule has 0 saturated carbocycles. The Morgan fingerprint density at radius 3 is 2.64 bits per heavy atom. The predicted octanol–water partition coefficient (Wildman–Crippen LogP) is 3.94. The minimum absolute atomic E-state index is 0.0188. The van der Waals surface area contributed by atoms with Gasteiger partial charge in [-0.3, -0.25) is 4.79 Å². The highest BCUT2D eigenvalue weighted by molar-refractivity contribution is 5.98. The second kappa shape index (κ2) is 7.42. The summed E-state index contributed by atoms with van der Waals surface area (Å²) < 4.78 is 5.54. The van der Waals surface area contributed by atoms with Gasteiger partial charge in [0.15, 0.2) is 12.4 Å². The molecule has 0 heterocycles. The molecule has 2 aromatic rings. The van der Waals surface area contributed by atoms with Crippen LogP contribution < -0.4 is 4.74 Å². The van der Waals surface area contributed by atoms with E-state index in [1.54, 1.807) is 24.3 Å². The molecule has 3 heteroatoms. The van der Waals surface area contributed by atoms with Crippen molar-refractivity contribution >= 4 is 5.78 Å². The van der Waals surface area contributed by atoms with Crippen molar-refractivity contribution in [3.63, 3.8) is 0 Å². The molecule has 0 unspecified atom stereocenters. The SMILES string of the molecule is CCc1ccc(CC)c(C(=O)COc2cccc(C#N)c2)c1. The molecule has 3 nitrogen and oxygen atoms in total. The summed E-state index contributed by atoms with van der Waals surface area (Å²) in [7, 11) is 0. The lowest BCUT2D eigenvalue weighted by atomic mass is 9.98. The third-order valence-electron chi connectivity index (χ3n) is 3.60. The number of nitrogens with zero attached hydrogens (tertiary/aromatic N) is 1. The first kappa shape index (κ1) is 15.8. The predicted molar refractivity (Wildman–Crippen MR) is 86.2 cm³/mol. The number of aryl methyl sites for hydroxylation is 2. The van der Waals surface area contributed by atoms with E-state index in [0.29, 0.717) is 11.3 Å². The molecule has 0 fully saturated rings. The van der Waals surface area contributed by atoms with Crippen molar-refractivity contribution in [2.24, 2.45) is 0 Å². The van der Waals surface area contributed by atoms with Crippen LogP contribution in [0.2, 0.25) is 0 Å². The molecule has 0 aromatic heterocycles. The molecular formula is C19H19NO2. The molecule has 112 valence electrons. The minimum atomic E-state index is -0.0329. The Kier molecular flexibility index (Phi) is 5.32. The number of Topliss-reactive ketones (excluding diaryl/α,β-unsaturated/α-hetero) is 1. The highest BCUT2D eigenvalue weighted by atomic mass is 16.5. The van der Waals surface area contributed by atoms with Gasteiger partial charge >= 0.3 is 0 Å². The number of benzene rings is 2. The Morgan fingerprint density at radius 2 is 1.95 bits per heavy atom. The van der Waals surface area contributed by atoms with Gasteiger partial charge in [0.2, 0.25) is 0 Å². The number of ether oxygens (including phenoxy) is 1. The van der Waals surface area contributed by atoms with Crippen molar-refractivity contribution in [3.05, 3.63) is 64.7 Å². The summed E-state index contributed by atoms with van der Waals surface area (Å²) in [4.78, 5) is 12.4. The quantitative estimate of drug-likeness (QED) is 0.758. The summed E-state index contributed by atoms with van der Waals surface area (Å²) in [5, 5.41) is 8.87. The standard InChI is InChI=1S/C19H19NO2/c1-3-14-8-9-16(4-2)18(11-14)19(21)13-22-17-7-5-6-15(10-17)12-20/h5-11H,3-4,13H2,1-2H3. The van der Waals surface area contributed by atoms with Crippen molar-refractivity contribution in [1.82, 2.24) is 0 Å². The van der Waals surface area contributed by atoms with Gasteiger partial charge in [0, 0.05) is 5.56 Å². The molecule has 2 aromatic carbocycles. The summed E-state index contributed by atoms with van der Waals surface area (Å²) in [6, 6.07) is 14.9. The molecule has 0 amide bonds. The Labute approximate surface area is 131 Å². The number of carbonyl (C=O) groups excluding carboxylic acids is 1. The van der Waals surface area contributed by atoms with Crippen LogP contribution >= 0.6 is 0 Å². The van der Waals surface area contributed by atoms with Gasteiger partial charge in [-0.15, -0.1) is 0 Å². The van der Waals surface area contributed by atoms with Crippen LogP contribution in [0.25, 0.3) is 0 Å². The average Bonchev–Trinajstić information content (AvgIpc) is 2.59. The van der Waals surface area contributed by atoms with Gasteiger partial charge < -0.3 is 4.74 Å². The molecule has 0 N–H and O–H groups in total. The van der Waals surface area contributed by atoms with E-state index < -0.39 is 0 Å². The molecule has 0 spiro atoms. The second-order valence-electron chi connectivity index (χ2n) is 5.05. The molecule has 0 aliphatic heterocycles. The first-order valence-corrected chi connectivity index (χ1v) is 7.45. The van der Waals surface area contributed by atoms with Gasteiger partial charge in [-0.05, 0) is 48.2 Å². The summed E-state index contributed by atoms with van der Waals surface area (Å²) in [5.74, 6) is 0.506. The number of hydrogen-bond acceptors (Lipinski definition) is 3. The number of ketones is 1. The van der Waals surface area contributed by atoms with Crippen LogP contribution in [-0.4, -0.2) is 12.4 Å². The van der Waals surface area contributed by atoms with Crippen LogP contribution in [0.15, 0.2) is 42.5 Å². The monoisotopic (exact) mass is 293 g/mol. The van der Waals surface area contributed by atoms with Crippen molar-refractivity contribution in [2.75, 3.05) is 6.61 Å².